The maximum Gasteiger partial charge on any atom is 0.142 e. The Balaban J connectivity index is 0. The Labute approximate surface area is 93.1 Å². The molecule has 2 nitrogen and oxygen atoms in total. The topological polar surface area (TPSA) is 34.1 Å². The summed E-state index contributed by atoms with van der Waals surface area (Å²) in [5, 5.41) is 0. The van der Waals surface area contributed by atoms with Crippen LogP contribution in [0.25, 0.3) is 0 Å². The molecule has 86 valence electrons. The highest BCUT2D eigenvalue weighted by atomic mass is 16.1. The normalized spacial score (nSPS) is 10.1. The second kappa shape index (κ2) is 15.3. The SMILES string of the molecule is CCC=CC=CC=O.CCCC(=O)CC. The second-order valence-electron chi connectivity index (χ2n) is 3.00. The van der Waals surface area contributed by atoms with Gasteiger partial charge in [0.2, 0.25) is 0 Å². The van der Waals surface area contributed by atoms with Crippen LogP contribution in [0.4, 0.5) is 0 Å². The minimum absolute atomic E-state index is 0.377. The van der Waals surface area contributed by atoms with Gasteiger partial charge in [0.1, 0.15) is 12.1 Å². The molecule has 0 N–H and O–H groups in total. The zero-order valence-electron chi connectivity index (χ0n) is 10.0. The highest BCUT2D eigenvalue weighted by molar-refractivity contribution is 5.77. The molecule has 0 unspecified atom stereocenters. The van der Waals surface area contributed by atoms with E-state index in [2.05, 4.69) is 0 Å². The molecule has 0 saturated carbocycles. The van der Waals surface area contributed by atoms with E-state index in [1.807, 2.05) is 32.9 Å². The summed E-state index contributed by atoms with van der Waals surface area (Å²) in [6.45, 7) is 5.97. The van der Waals surface area contributed by atoms with Crippen molar-refractivity contribution in [2.75, 3.05) is 0 Å². The molecule has 0 aromatic carbocycles. The van der Waals surface area contributed by atoms with Crippen LogP contribution in [0.2, 0.25) is 0 Å². The maximum atomic E-state index is 10.4. The lowest BCUT2D eigenvalue weighted by molar-refractivity contribution is -0.118. The minimum Gasteiger partial charge on any atom is -0.300 e. The monoisotopic (exact) mass is 210 g/mol. The molecule has 0 radical (unpaired) electrons. The van der Waals surface area contributed by atoms with Crippen LogP contribution in [0.15, 0.2) is 24.3 Å². The molecule has 0 amide bonds. The van der Waals surface area contributed by atoms with E-state index in [-0.39, 0.29) is 0 Å². The van der Waals surface area contributed by atoms with Gasteiger partial charge in [-0.05, 0) is 18.9 Å². The van der Waals surface area contributed by atoms with Gasteiger partial charge in [-0.25, -0.2) is 0 Å². The zero-order valence-corrected chi connectivity index (χ0v) is 10.0. The molecule has 0 aliphatic rings. The minimum atomic E-state index is 0.377. The molecule has 0 bridgehead atoms. The van der Waals surface area contributed by atoms with Gasteiger partial charge < -0.3 is 0 Å². The third-order valence-corrected chi connectivity index (χ3v) is 1.60. The number of allylic oxidation sites excluding steroid dienone is 4. The van der Waals surface area contributed by atoms with Crippen LogP contribution in [-0.4, -0.2) is 12.1 Å². The second-order valence-corrected chi connectivity index (χ2v) is 3.00. The first kappa shape index (κ1) is 16.3. The molecular weight excluding hydrogens is 188 g/mol. The van der Waals surface area contributed by atoms with E-state index in [4.69, 9.17) is 0 Å². The number of ketones is 1. The third kappa shape index (κ3) is 19.3. The Morgan fingerprint density at radius 2 is 1.73 bits per heavy atom. The summed E-state index contributed by atoms with van der Waals surface area (Å²) in [6, 6.07) is 0. The van der Waals surface area contributed by atoms with Gasteiger partial charge in [-0.2, -0.15) is 0 Å². The van der Waals surface area contributed by atoms with E-state index in [1.54, 1.807) is 6.08 Å². The predicted molar refractivity (Wildman–Crippen MR) is 64.8 cm³/mol. The fourth-order valence-electron chi connectivity index (χ4n) is 0.780. The Bertz CT molecular complexity index is 203. The first-order valence-electron chi connectivity index (χ1n) is 5.51. The molecule has 0 atom stereocenters. The average molecular weight is 210 g/mol. The summed E-state index contributed by atoms with van der Waals surface area (Å²) in [5.41, 5.74) is 0. The van der Waals surface area contributed by atoms with Gasteiger partial charge in [0.05, 0.1) is 0 Å². The Hall–Kier alpha value is -1.18. The molecule has 0 aliphatic carbocycles. The fraction of sp³-hybridized carbons (Fsp3) is 0.538. The Kier molecular flexibility index (Phi) is 16.6. The van der Waals surface area contributed by atoms with E-state index in [1.165, 1.54) is 6.08 Å². The van der Waals surface area contributed by atoms with Gasteiger partial charge in [0, 0.05) is 12.8 Å². The Morgan fingerprint density at radius 3 is 2.07 bits per heavy atom. The van der Waals surface area contributed by atoms with Gasteiger partial charge in [-0.15, -0.1) is 0 Å². The lowest BCUT2D eigenvalue weighted by Gasteiger charge is -1.87. The molecule has 0 saturated heterocycles. The van der Waals surface area contributed by atoms with Crippen molar-refractivity contribution in [3.63, 3.8) is 0 Å². The number of aldehydes is 1. The van der Waals surface area contributed by atoms with E-state index in [9.17, 15) is 9.59 Å². The van der Waals surface area contributed by atoms with Crippen molar-refractivity contribution >= 4 is 12.1 Å². The summed E-state index contributed by atoms with van der Waals surface area (Å²) < 4.78 is 0. The standard InChI is InChI=1S/C7H10O.C6H12O/c1-2-3-4-5-6-7-8;1-3-5-6(7)4-2/h3-7H,2H2,1H3;3-5H2,1-2H3. The highest BCUT2D eigenvalue weighted by Gasteiger charge is 1.91. The number of carbonyl (C=O) groups is 2. The molecule has 0 spiro atoms. The molecule has 0 rings (SSSR count). The lowest BCUT2D eigenvalue weighted by Crippen LogP contribution is -1.91. The van der Waals surface area contributed by atoms with Crippen molar-refractivity contribution < 1.29 is 9.59 Å². The van der Waals surface area contributed by atoms with Crippen LogP contribution >= 0.6 is 0 Å². The first-order chi connectivity index (χ1) is 7.22. The Morgan fingerprint density at radius 1 is 1.07 bits per heavy atom. The summed E-state index contributed by atoms with van der Waals surface area (Å²) in [5.74, 6) is 0.377. The van der Waals surface area contributed by atoms with E-state index in [0.29, 0.717) is 12.2 Å². The van der Waals surface area contributed by atoms with Crippen LogP contribution in [-0.2, 0) is 9.59 Å². The molecule has 0 aromatic rings. The van der Waals surface area contributed by atoms with Crippen molar-refractivity contribution in [1.29, 1.82) is 0 Å². The van der Waals surface area contributed by atoms with Gasteiger partial charge in [-0.3, -0.25) is 9.59 Å². The largest absolute Gasteiger partial charge is 0.300 e. The number of hydrogen-bond donors (Lipinski definition) is 0. The van der Waals surface area contributed by atoms with Crippen molar-refractivity contribution in [2.24, 2.45) is 0 Å². The smallest absolute Gasteiger partial charge is 0.142 e. The van der Waals surface area contributed by atoms with Crippen LogP contribution in [0, 0.1) is 0 Å². The number of carbonyl (C=O) groups excluding carboxylic acids is 2. The lowest BCUT2D eigenvalue weighted by atomic mass is 10.2. The van der Waals surface area contributed by atoms with Crippen LogP contribution in [0.5, 0.6) is 0 Å². The summed E-state index contributed by atoms with van der Waals surface area (Å²) in [6.07, 6.45) is 11.3. The van der Waals surface area contributed by atoms with Crippen LogP contribution in [0.1, 0.15) is 46.5 Å². The molecule has 0 aliphatic heterocycles. The molecular formula is C13H22O2. The first-order valence-corrected chi connectivity index (χ1v) is 5.51. The number of hydrogen-bond acceptors (Lipinski definition) is 2. The predicted octanol–water partition coefficient (Wildman–Crippen LogP) is 3.47. The number of Topliss-reactive ketones (excluding diaryl/α,β-unsaturated/α-hetero) is 1. The van der Waals surface area contributed by atoms with E-state index >= 15 is 0 Å². The van der Waals surface area contributed by atoms with Gasteiger partial charge in [0.15, 0.2) is 0 Å². The maximum absolute atomic E-state index is 10.4. The highest BCUT2D eigenvalue weighted by Crippen LogP contribution is 1.90. The molecule has 2 heteroatoms. The van der Waals surface area contributed by atoms with Crippen molar-refractivity contribution in [3.05, 3.63) is 24.3 Å². The molecule has 0 fully saturated rings. The van der Waals surface area contributed by atoms with Crippen molar-refractivity contribution in [2.45, 2.75) is 46.5 Å². The van der Waals surface area contributed by atoms with E-state index in [0.717, 1.165) is 25.5 Å². The quantitative estimate of drug-likeness (QED) is 0.382. The third-order valence-electron chi connectivity index (χ3n) is 1.60. The van der Waals surface area contributed by atoms with Crippen LogP contribution in [0.3, 0.4) is 0 Å². The van der Waals surface area contributed by atoms with Gasteiger partial charge in [0.25, 0.3) is 0 Å². The molecule has 0 heterocycles. The van der Waals surface area contributed by atoms with Gasteiger partial charge >= 0.3 is 0 Å². The molecule has 0 aromatic heterocycles. The van der Waals surface area contributed by atoms with E-state index < -0.39 is 0 Å². The van der Waals surface area contributed by atoms with Crippen LogP contribution < -0.4 is 0 Å². The summed E-state index contributed by atoms with van der Waals surface area (Å²) in [4.78, 5) is 20.1. The van der Waals surface area contributed by atoms with Crippen molar-refractivity contribution in [3.8, 4) is 0 Å². The number of rotatable bonds is 6. The molecule has 15 heavy (non-hydrogen) atoms. The average Bonchev–Trinajstić information content (AvgIpc) is 2.26. The zero-order chi connectivity index (χ0) is 11.9. The summed E-state index contributed by atoms with van der Waals surface area (Å²) >= 11 is 0. The summed E-state index contributed by atoms with van der Waals surface area (Å²) in [7, 11) is 0. The van der Waals surface area contributed by atoms with Gasteiger partial charge in [-0.1, -0.05) is 39.0 Å². The van der Waals surface area contributed by atoms with Crippen molar-refractivity contribution in [1.82, 2.24) is 0 Å². The fourth-order valence-corrected chi connectivity index (χ4v) is 0.780.